The van der Waals surface area contributed by atoms with Gasteiger partial charge in [0.2, 0.25) is 5.91 Å². The number of amides is 3. The summed E-state index contributed by atoms with van der Waals surface area (Å²) in [5, 5.41) is 5.36. The van der Waals surface area contributed by atoms with Gasteiger partial charge in [0.15, 0.2) is 0 Å². The van der Waals surface area contributed by atoms with E-state index in [1.54, 1.807) is 18.2 Å². The van der Waals surface area contributed by atoms with Crippen molar-refractivity contribution in [2.75, 3.05) is 23.9 Å². The SMILES string of the molecule is COC(=O)c1ccc(NC(=O)N[C@H]2CC(=O)N(c3cccc(F)c3)C2)cc1. The highest BCUT2D eigenvalue weighted by Crippen LogP contribution is 2.22. The second-order valence-corrected chi connectivity index (χ2v) is 6.05. The highest BCUT2D eigenvalue weighted by Gasteiger charge is 2.31. The molecule has 3 amide bonds. The summed E-state index contributed by atoms with van der Waals surface area (Å²) in [6.07, 6.45) is 0.130. The lowest BCUT2D eigenvalue weighted by molar-refractivity contribution is -0.117. The fourth-order valence-corrected chi connectivity index (χ4v) is 2.86. The summed E-state index contributed by atoms with van der Waals surface area (Å²) < 4.78 is 18.0. The van der Waals surface area contributed by atoms with Crippen molar-refractivity contribution in [1.82, 2.24) is 5.32 Å². The molecule has 0 radical (unpaired) electrons. The Bertz CT molecular complexity index is 870. The van der Waals surface area contributed by atoms with Crippen LogP contribution in [0.4, 0.5) is 20.6 Å². The maximum atomic E-state index is 13.4. The van der Waals surface area contributed by atoms with Gasteiger partial charge in [-0.05, 0) is 42.5 Å². The fraction of sp³-hybridized carbons (Fsp3) is 0.211. The van der Waals surface area contributed by atoms with Crippen LogP contribution in [0.5, 0.6) is 0 Å². The summed E-state index contributed by atoms with van der Waals surface area (Å²) in [7, 11) is 1.29. The van der Waals surface area contributed by atoms with Crippen LogP contribution in [0.2, 0.25) is 0 Å². The first kappa shape index (κ1) is 18.4. The number of hydrogen-bond acceptors (Lipinski definition) is 4. The molecule has 0 aromatic heterocycles. The van der Waals surface area contributed by atoms with E-state index in [0.717, 1.165) is 0 Å². The van der Waals surface area contributed by atoms with Gasteiger partial charge < -0.3 is 20.3 Å². The number of methoxy groups -OCH3 is 1. The first-order valence-corrected chi connectivity index (χ1v) is 8.28. The van der Waals surface area contributed by atoms with Gasteiger partial charge in [-0.3, -0.25) is 4.79 Å². The number of nitrogens with one attached hydrogen (secondary N) is 2. The topological polar surface area (TPSA) is 87.7 Å². The van der Waals surface area contributed by atoms with Gasteiger partial charge in [-0.25, -0.2) is 14.0 Å². The average Bonchev–Trinajstić information content (AvgIpc) is 3.01. The van der Waals surface area contributed by atoms with Crippen LogP contribution < -0.4 is 15.5 Å². The molecule has 1 heterocycles. The number of hydrogen-bond donors (Lipinski definition) is 2. The summed E-state index contributed by atoms with van der Waals surface area (Å²) in [5.41, 5.74) is 1.32. The Balaban J connectivity index is 1.57. The minimum atomic E-state index is -0.472. The second-order valence-electron chi connectivity index (χ2n) is 6.05. The van der Waals surface area contributed by atoms with E-state index in [1.165, 1.54) is 42.3 Å². The highest BCUT2D eigenvalue weighted by atomic mass is 19.1. The Morgan fingerprint density at radius 1 is 1.19 bits per heavy atom. The van der Waals surface area contributed by atoms with Crippen LogP contribution in [-0.4, -0.2) is 37.6 Å². The van der Waals surface area contributed by atoms with E-state index in [1.807, 2.05) is 0 Å². The van der Waals surface area contributed by atoms with Crippen LogP contribution in [0.15, 0.2) is 48.5 Å². The van der Waals surface area contributed by atoms with E-state index in [4.69, 9.17) is 0 Å². The molecule has 1 fully saturated rings. The van der Waals surface area contributed by atoms with Crippen LogP contribution in [0, 0.1) is 5.82 Å². The molecule has 0 bridgehead atoms. The first-order chi connectivity index (χ1) is 13.0. The second kappa shape index (κ2) is 7.86. The van der Waals surface area contributed by atoms with Crippen molar-refractivity contribution >= 4 is 29.3 Å². The zero-order valence-corrected chi connectivity index (χ0v) is 14.6. The van der Waals surface area contributed by atoms with E-state index in [9.17, 15) is 18.8 Å². The molecule has 2 aromatic rings. The Hall–Kier alpha value is -3.42. The largest absolute Gasteiger partial charge is 0.465 e. The third-order valence-corrected chi connectivity index (χ3v) is 4.14. The summed E-state index contributed by atoms with van der Waals surface area (Å²) in [6.45, 7) is 0.261. The molecule has 3 rings (SSSR count). The Kier molecular flexibility index (Phi) is 5.35. The number of urea groups is 1. The molecule has 2 N–H and O–H groups in total. The number of carbonyl (C=O) groups is 3. The number of nitrogens with zero attached hydrogens (tertiary/aromatic N) is 1. The van der Waals surface area contributed by atoms with Gasteiger partial charge in [0.25, 0.3) is 0 Å². The van der Waals surface area contributed by atoms with E-state index in [0.29, 0.717) is 16.9 Å². The monoisotopic (exact) mass is 371 g/mol. The third-order valence-electron chi connectivity index (χ3n) is 4.14. The smallest absolute Gasteiger partial charge is 0.337 e. The summed E-state index contributed by atoms with van der Waals surface area (Å²) >= 11 is 0. The van der Waals surface area contributed by atoms with Crippen LogP contribution in [0.25, 0.3) is 0 Å². The number of anilines is 2. The molecule has 140 valence electrons. The van der Waals surface area contributed by atoms with E-state index in [-0.39, 0.29) is 18.9 Å². The van der Waals surface area contributed by atoms with Crippen molar-refractivity contribution in [3.05, 3.63) is 59.9 Å². The average molecular weight is 371 g/mol. The molecular formula is C19H18FN3O4. The molecule has 0 saturated carbocycles. The number of esters is 1. The number of halogens is 1. The molecule has 2 aromatic carbocycles. The van der Waals surface area contributed by atoms with Gasteiger partial charge in [0.1, 0.15) is 5.82 Å². The zero-order chi connectivity index (χ0) is 19.4. The van der Waals surface area contributed by atoms with Crippen LogP contribution in [0.1, 0.15) is 16.8 Å². The molecule has 7 nitrogen and oxygen atoms in total. The van der Waals surface area contributed by atoms with Crippen molar-refractivity contribution in [3.8, 4) is 0 Å². The minimum absolute atomic E-state index is 0.130. The van der Waals surface area contributed by atoms with Crippen molar-refractivity contribution in [2.45, 2.75) is 12.5 Å². The standard InChI is InChI=1S/C19H18FN3O4/c1-27-18(25)12-5-7-14(8-6-12)21-19(26)22-15-10-17(24)23(11-15)16-4-2-3-13(20)9-16/h2-9,15H,10-11H2,1H3,(H2,21,22,26)/t15-/m0/s1. The third kappa shape index (κ3) is 4.41. The summed E-state index contributed by atoms with van der Waals surface area (Å²) in [6, 6.07) is 11.1. The lowest BCUT2D eigenvalue weighted by Gasteiger charge is -2.17. The molecule has 0 spiro atoms. The molecule has 1 aliphatic heterocycles. The van der Waals surface area contributed by atoms with Crippen LogP contribution in [-0.2, 0) is 9.53 Å². The molecule has 8 heteroatoms. The molecular weight excluding hydrogens is 353 g/mol. The molecule has 1 aliphatic rings. The maximum absolute atomic E-state index is 13.4. The van der Waals surface area contributed by atoms with Gasteiger partial charge in [-0.1, -0.05) is 6.07 Å². The lowest BCUT2D eigenvalue weighted by Crippen LogP contribution is -2.39. The van der Waals surface area contributed by atoms with Crippen molar-refractivity contribution in [2.24, 2.45) is 0 Å². The zero-order valence-electron chi connectivity index (χ0n) is 14.6. The number of benzene rings is 2. The van der Waals surface area contributed by atoms with Gasteiger partial charge in [0, 0.05) is 24.3 Å². The van der Waals surface area contributed by atoms with Crippen molar-refractivity contribution < 1.29 is 23.5 Å². The quantitative estimate of drug-likeness (QED) is 0.809. The van der Waals surface area contributed by atoms with Gasteiger partial charge in [-0.15, -0.1) is 0 Å². The molecule has 27 heavy (non-hydrogen) atoms. The summed E-state index contributed by atoms with van der Waals surface area (Å²) in [5.74, 6) is -1.08. The normalized spacial score (nSPS) is 16.1. The van der Waals surface area contributed by atoms with Gasteiger partial charge in [-0.2, -0.15) is 0 Å². The molecule has 1 saturated heterocycles. The minimum Gasteiger partial charge on any atom is -0.465 e. The molecule has 0 unspecified atom stereocenters. The van der Waals surface area contributed by atoms with Crippen molar-refractivity contribution in [1.29, 1.82) is 0 Å². The van der Waals surface area contributed by atoms with Gasteiger partial charge >= 0.3 is 12.0 Å². The Morgan fingerprint density at radius 3 is 2.59 bits per heavy atom. The van der Waals surface area contributed by atoms with Crippen LogP contribution in [0.3, 0.4) is 0 Å². The predicted octanol–water partition coefficient (Wildman–Crippen LogP) is 2.54. The van der Waals surface area contributed by atoms with Crippen molar-refractivity contribution in [3.63, 3.8) is 0 Å². The fourth-order valence-electron chi connectivity index (χ4n) is 2.86. The molecule has 1 atom stereocenters. The van der Waals surface area contributed by atoms with E-state index < -0.39 is 23.9 Å². The number of ether oxygens (including phenoxy) is 1. The van der Waals surface area contributed by atoms with Gasteiger partial charge in [0.05, 0.1) is 18.7 Å². The number of carbonyl (C=O) groups excluding carboxylic acids is 3. The molecule has 0 aliphatic carbocycles. The maximum Gasteiger partial charge on any atom is 0.337 e. The first-order valence-electron chi connectivity index (χ1n) is 8.28. The van der Waals surface area contributed by atoms with E-state index in [2.05, 4.69) is 15.4 Å². The summed E-state index contributed by atoms with van der Waals surface area (Å²) in [4.78, 5) is 37.1. The van der Waals surface area contributed by atoms with E-state index >= 15 is 0 Å². The Labute approximate surface area is 155 Å². The van der Waals surface area contributed by atoms with Crippen LogP contribution >= 0.6 is 0 Å². The lowest BCUT2D eigenvalue weighted by atomic mass is 10.2. The predicted molar refractivity (Wildman–Crippen MR) is 97.1 cm³/mol. The highest BCUT2D eigenvalue weighted by molar-refractivity contribution is 5.98. The Morgan fingerprint density at radius 2 is 1.93 bits per heavy atom. The number of rotatable bonds is 4.